The number of hydrogen-bond acceptors (Lipinski definition) is 4. The van der Waals surface area contributed by atoms with Crippen molar-refractivity contribution in [1.29, 1.82) is 0 Å². The Balaban J connectivity index is 1.37. The van der Waals surface area contributed by atoms with E-state index in [2.05, 4.69) is 34.5 Å². The number of nitrogens with one attached hydrogen (secondary N) is 1. The number of benzene rings is 2. The summed E-state index contributed by atoms with van der Waals surface area (Å²) in [5.41, 5.74) is 2.01. The first-order valence-corrected chi connectivity index (χ1v) is 9.88. The monoisotopic (exact) mass is 375 g/mol. The van der Waals surface area contributed by atoms with Gasteiger partial charge >= 0.3 is 0 Å². The summed E-state index contributed by atoms with van der Waals surface area (Å²) in [6, 6.07) is 20.1. The van der Waals surface area contributed by atoms with E-state index in [9.17, 15) is 4.79 Å². The van der Waals surface area contributed by atoms with Gasteiger partial charge in [-0.25, -0.2) is 4.98 Å². The van der Waals surface area contributed by atoms with Crippen LogP contribution >= 0.6 is 0 Å². The number of rotatable bonds is 7. The zero-order valence-corrected chi connectivity index (χ0v) is 15.9. The van der Waals surface area contributed by atoms with Gasteiger partial charge in [-0.15, -0.1) is 0 Å². The van der Waals surface area contributed by atoms with Crippen LogP contribution < -0.4 is 15.0 Å². The van der Waals surface area contributed by atoms with Gasteiger partial charge in [-0.3, -0.25) is 4.79 Å². The number of para-hydroxylation sites is 1. The minimum atomic E-state index is -0.122. The molecule has 1 aromatic heterocycles. The first-order chi connectivity index (χ1) is 13.8. The smallest absolute Gasteiger partial charge is 0.257 e. The molecule has 1 aliphatic rings. The Hall–Kier alpha value is -3.08. The van der Waals surface area contributed by atoms with Crippen molar-refractivity contribution in [3.63, 3.8) is 0 Å². The maximum Gasteiger partial charge on any atom is 0.257 e. The molecule has 2 heterocycles. The SMILES string of the molecule is O=C(COc1cccc2ccc(N3CCCC3)nc12)NCCc1ccccc1. The number of aromatic nitrogens is 1. The minimum absolute atomic E-state index is 0.0104. The van der Waals surface area contributed by atoms with Crippen LogP contribution in [-0.2, 0) is 11.2 Å². The summed E-state index contributed by atoms with van der Waals surface area (Å²) in [4.78, 5) is 19.3. The van der Waals surface area contributed by atoms with Crippen molar-refractivity contribution in [3.8, 4) is 5.75 Å². The van der Waals surface area contributed by atoms with Gasteiger partial charge in [0.1, 0.15) is 17.1 Å². The Labute approximate surface area is 165 Å². The summed E-state index contributed by atoms with van der Waals surface area (Å²) in [5.74, 6) is 1.51. The topological polar surface area (TPSA) is 54.5 Å². The summed E-state index contributed by atoms with van der Waals surface area (Å²) in [6.07, 6.45) is 3.23. The van der Waals surface area contributed by atoms with E-state index in [0.29, 0.717) is 12.3 Å². The molecule has 0 saturated carbocycles. The third kappa shape index (κ3) is 4.42. The van der Waals surface area contributed by atoms with Crippen LogP contribution in [-0.4, -0.2) is 37.1 Å². The highest BCUT2D eigenvalue weighted by atomic mass is 16.5. The highest BCUT2D eigenvalue weighted by molar-refractivity contribution is 5.86. The van der Waals surface area contributed by atoms with Crippen LogP contribution in [0.3, 0.4) is 0 Å². The molecule has 3 aromatic rings. The normalized spacial score (nSPS) is 13.6. The van der Waals surface area contributed by atoms with Crippen molar-refractivity contribution in [2.45, 2.75) is 19.3 Å². The van der Waals surface area contributed by atoms with Gasteiger partial charge in [0.2, 0.25) is 0 Å². The van der Waals surface area contributed by atoms with E-state index in [0.717, 1.165) is 36.2 Å². The second kappa shape index (κ2) is 8.74. The molecule has 1 aliphatic heterocycles. The average molecular weight is 375 g/mol. The summed E-state index contributed by atoms with van der Waals surface area (Å²) >= 11 is 0. The molecule has 5 nitrogen and oxygen atoms in total. The Bertz CT molecular complexity index is 937. The van der Waals surface area contributed by atoms with Gasteiger partial charge < -0.3 is 15.0 Å². The molecule has 4 rings (SSSR count). The molecule has 0 unspecified atom stereocenters. The molecular formula is C23H25N3O2. The van der Waals surface area contributed by atoms with Crippen LogP contribution in [0, 0.1) is 0 Å². The molecule has 1 amide bonds. The molecule has 2 aromatic carbocycles. The van der Waals surface area contributed by atoms with Crippen LogP contribution in [0.25, 0.3) is 10.9 Å². The zero-order valence-electron chi connectivity index (χ0n) is 15.9. The molecule has 0 radical (unpaired) electrons. The molecule has 1 fully saturated rings. The van der Waals surface area contributed by atoms with E-state index in [4.69, 9.17) is 9.72 Å². The number of pyridine rings is 1. The quantitative estimate of drug-likeness (QED) is 0.686. The van der Waals surface area contributed by atoms with Gasteiger partial charge in [-0.2, -0.15) is 0 Å². The average Bonchev–Trinajstić information content (AvgIpc) is 3.27. The fourth-order valence-electron chi connectivity index (χ4n) is 3.53. The van der Waals surface area contributed by atoms with Crippen LogP contribution in [0.1, 0.15) is 18.4 Å². The first kappa shape index (κ1) is 18.3. The van der Waals surface area contributed by atoms with E-state index in [1.807, 2.05) is 36.4 Å². The van der Waals surface area contributed by atoms with Crippen LogP contribution in [0.15, 0.2) is 60.7 Å². The zero-order chi connectivity index (χ0) is 19.2. The number of carbonyl (C=O) groups excluding carboxylic acids is 1. The molecule has 0 atom stereocenters. The van der Waals surface area contributed by atoms with Crippen molar-refractivity contribution in [2.75, 3.05) is 31.1 Å². The molecule has 0 aliphatic carbocycles. The summed E-state index contributed by atoms with van der Waals surface area (Å²) < 4.78 is 5.81. The number of hydrogen-bond donors (Lipinski definition) is 1. The standard InChI is InChI=1S/C23H25N3O2/c27-22(24-14-13-18-7-2-1-3-8-18)17-28-20-10-6-9-19-11-12-21(25-23(19)20)26-15-4-5-16-26/h1-3,6-12H,4-5,13-17H2,(H,24,27). The third-order valence-electron chi connectivity index (χ3n) is 5.04. The van der Waals surface area contributed by atoms with Gasteiger partial charge in [-0.05, 0) is 43.0 Å². The lowest BCUT2D eigenvalue weighted by molar-refractivity contribution is -0.123. The van der Waals surface area contributed by atoms with Crippen molar-refractivity contribution in [2.24, 2.45) is 0 Å². The molecule has 144 valence electrons. The van der Waals surface area contributed by atoms with E-state index < -0.39 is 0 Å². The maximum atomic E-state index is 12.2. The van der Waals surface area contributed by atoms with Crippen molar-refractivity contribution in [3.05, 3.63) is 66.2 Å². The Morgan fingerprint density at radius 3 is 2.64 bits per heavy atom. The molecule has 5 heteroatoms. The highest BCUT2D eigenvalue weighted by Crippen LogP contribution is 2.27. The van der Waals surface area contributed by atoms with Crippen LogP contribution in [0.5, 0.6) is 5.75 Å². The third-order valence-corrected chi connectivity index (χ3v) is 5.04. The van der Waals surface area contributed by atoms with Crippen molar-refractivity contribution >= 4 is 22.6 Å². The number of fused-ring (bicyclic) bond motifs is 1. The summed E-state index contributed by atoms with van der Waals surface area (Å²) in [5, 5.41) is 3.93. The van der Waals surface area contributed by atoms with Gasteiger partial charge in [0.15, 0.2) is 6.61 Å². The Morgan fingerprint density at radius 1 is 1.00 bits per heavy atom. The molecule has 1 saturated heterocycles. The molecule has 1 N–H and O–H groups in total. The number of nitrogens with zero attached hydrogens (tertiary/aromatic N) is 2. The lowest BCUT2D eigenvalue weighted by atomic mass is 10.1. The fraction of sp³-hybridized carbons (Fsp3) is 0.304. The molecule has 0 bridgehead atoms. The molecule has 0 spiro atoms. The van der Waals surface area contributed by atoms with E-state index >= 15 is 0 Å². The summed E-state index contributed by atoms with van der Waals surface area (Å²) in [7, 11) is 0. The first-order valence-electron chi connectivity index (χ1n) is 9.88. The molecule has 28 heavy (non-hydrogen) atoms. The molecular weight excluding hydrogens is 350 g/mol. The summed E-state index contributed by atoms with van der Waals surface area (Å²) in [6.45, 7) is 2.68. The van der Waals surface area contributed by atoms with Gasteiger partial charge in [-0.1, -0.05) is 42.5 Å². The van der Waals surface area contributed by atoms with E-state index in [1.54, 1.807) is 0 Å². The van der Waals surface area contributed by atoms with Crippen LogP contribution in [0.4, 0.5) is 5.82 Å². The Morgan fingerprint density at radius 2 is 1.82 bits per heavy atom. The van der Waals surface area contributed by atoms with Crippen molar-refractivity contribution in [1.82, 2.24) is 10.3 Å². The lowest BCUT2D eigenvalue weighted by Crippen LogP contribution is -2.30. The van der Waals surface area contributed by atoms with Gasteiger partial charge in [0, 0.05) is 25.0 Å². The highest BCUT2D eigenvalue weighted by Gasteiger charge is 2.15. The van der Waals surface area contributed by atoms with E-state index in [-0.39, 0.29) is 12.5 Å². The maximum absolute atomic E-state index is 12.2. The second-order valence-electron chi connectivity index (χ2n) is 7.07. The Kier molecular flexibility index (Phi) is 5.71. The van der Waals surface area contributed by atoms with Crippen LogP contribution in [0.2, 0.25) is 0 Å². The van der Waals surface area contributed by atoms with Gasteiger partial charge in [0.05, 0.1) is 0 Å². The van der Waals surface area contributed by atoms with Crippen molar-refractivity contribution < 1.29 is 9.53 Å². The predicted molar refractivity (Wildman–Crippen MR) is 112 cm³/mol. The number of carbonyl (C=O) groups is 1. The van der Waals surface area contributed by atoms with Gasteiger partial charge in [0.25, 0.3) is 5.91 Å². The lowest BCUT2D eigenvalue weighted by Gasteiger charge is -2.17. The largest absolute Gasteiger partial charge is 0.481 e. The number of amides is 1. The second-order valence-corrected chi connectivity index (χ2v) is 7.07. The number of anilines is 1. The number of ether oxygens (including phenoxy) is 1. The predicted octanol–water partition coefficient (Wildman–Crippen LogP) is 3.57. The fourth-order valence-corrected chi connectivity index (χ4v) is 3.53. The van der Waals surface area contributed by atoms with E-state index in [1.165, 1.54) is 18.4 Å². The minimum Gasteiger partial charge on any atom is -0.481 e.